The lowest BCUT2D eigenvalue weighted by Crippen LogP contribution is -2.30. The number of aromatic nitrogens is 1. The molecule has 2 aromatic carbocycles. The fourth-order valence-corrected chi connectivity index (χ4v) is 3.09. The molecule has 0 spiro atoms. The van der Waals surface area contributed by atoms with Crippen molar-refractivity contribution in [2.75, 3.05) is 0 Å². The summed E-state index contributed by atoms with van der Waals surface area (Å²) in [6.45, 7) is 0.434. The summed E-state index contributed by atoms with van der Waals surface area (Å²) in [5.41, 5.74) is 4.27. The van der Waals surface area contributed by atoms with Crippen molar-refractivity contribution < 1.29 is 13.6 Å². The zero-order valence-corrected chi connectivity index (χ0v) is 15.0. The minimum atomic E-state index is -0.873. The molecule has 1 aromatic heterocycles. The number of nitrogens with one attached hydrogen (secondary N) is 1. The van der Waals surface area contributed by atoms with Crippen LogP contribution in [0.25, 0.3) is 0 Å². The average Bonchev–Trinajstić information content (AvgIpc) is 3.13. The van der Waals surface area contributed by atoms with Gasteiger partial charge in [-0.25, -0.2) is 13.8 Å². The molecular weight excluding hydrogens is 360 g/mol. The summed E-state index contributed by atoms with van der Waals surface area (Å²) in [6, 6.07) is 15.3. The summed E-state index contributed by atoms with van der Waals surface area (Å²) in [5.74, 6) is -1.96. The summed E-state index contributed by atoms with van der Waals surface area (Å²) < 4.78 is 26.4. The topological polar surface area (TPSA) is 54.4 Å². The van der Waals surface area contributed by atoms with Crippen LogP contribution < -0.4 is 5.32 Å². The highest BCUT2D eigenvalue weighted by molar-refractivity contribution is 6.40. The van der Waals surface area contributed by atoms with Crippen LogP contribution in [0.4, 0.5) is 14.5 Å². The maximum absolute atomic E-state index is 13.4. The first-order valence-corrected chi connectivity index (χ1v) is 8.90. The summed E-state index contributed by atoms with van der Waals surface area (Å²) in [6.07, 6.45) is 2.46. The number of pyridine rings is 1. The fraction of sp³-hybridized carbons (Fsp3) is 0.136. The Kier molecular flexibility index (Phi) is 4.93. The number of aliphatic imine (C=N–C) groups is 1. The molecule has 140 valence electrons. The average molecular weight is 377 g/mol. The summed E-state index contributed by atoms with van der Waals surface area (Å²) in [4.78, 5) is 21.2. The Labute approximate surface area is 161 Å². The van der Waals surface area contributed by atoms with Gasteiger partial charge in [0.25, 0.3) is 5.91 Å². The molecule has 1 aliphatic heterocycles. The Morgan fingerprint density at radius 1 is 0.964 bits per heavy atom. The van der Waals surface area contributed by atoms with Crippen molar-refractivity contribution in [2.45, 2.75) is 19.4 Å². The van der Waals surface area contributed by atoms with Crippen molar-refractivity contribution in [1.82, 2.24) is 10.3 Å². The highest BCUT2D eigenvalue weighted by Gasteiger charge is 2.22. The predicted molar refractivity (Wildman–Crippen MR) is 102 cm³/mol. The fourth-order valence-electron chi connectivity index (χ4n) is 3.09. The first-order chi connectivity index (χ1) is 13.6. The van der Waals surface area contributed by atoms with Crippen molar-refractivity contribution in [2.24, 2.45) is 4.99 Å². The van der Waals surface area contributed by atoms with Crippen molar-refractivity contribution >= 4 is 17.3 Å². The largest absolute Gasteiger partial charge is 0.347 e. The predicted octanol–water partition coefficient (Wildman–Crippen LogP) is 3.90. The Morgan fingerprint density at radius 2 is 1.79 bits per heavy atom. The first kappa shape index (κ1) is 18.0. The zero-order chi connectivity index (χ0) is 19.5. The van der Waals surface area contributed by atoms with Crippen LogP contribution in [-0.4, -0.2) is 16.6 Å². The SMILES string of the molecule is O=C(NCc1ccccc1)C1=Nc2cc(Cc3ccc(F)c(F)c3)cnc2C1. The van der Waals surface area contributed by atoms with Gasteiger partial charge in [-0.1, -0.05) is 36.4 Å². The number of carbonyl (C=O) groups excluding carboxylic acids is 1. The lowest BCUT2D eigenvalue weighted by Gasteiger charge is -2.04. The number of rotatable bonds is 5. The number of nitrogens with zero attached hydrogens (tertiary/aromatic N) is 2. The third-order valence-electron chi connectivity index (χ3n) is 4.54. The van der Waals surface area contributed by atoms with Gasteiger partial charge in [0.1, 0.15) is 5.71 Å². The van der Waals surface area contributed by atoms with Crippen molar-refractivity contribution in [3.63, 3.8) is 0 Å². The van der Waals surface area contributed by atoms with E-state index in [1.165, 1.54) is 12.1 Å². The molecule has 0 saturated heterocycles. The maximum Gasteiger partial charge on any atom is 0.266 e. The summed E-state index contributed by atoms with van der Waals surface area (Å²) in [7, 11) is 0. The molecule has 28 heavy (non-hydrogen) atoms. The molecule has 3 aromatic rings. The number of amides is 1. The van der Waals surface area contributed by atoms with Crippen LogP contribution in [0, 0.1) is 11.6 Å². The van der Waals surface area contributed by atoms with E-state index in [4.69, 9.17) is 0 Å². The Morgan fingerprint density at radius 3 is 2.57 bits per heavy atom. The van der Waals surface area contributed by atoms with Gasteiger partial charge in [0.15, 0.2) is 11.6 Å². The third kappa shape index (κ3) is 3.96. The van der Waals surface area contributed by atoms with E-state index in [1.54, 1.807) is 6.20 Å². The highest BCUT2D eigenvalue weighted by Crippen LogP contribution is 2.27. The monoisotopic (exact) mass is 377 g/mol. The van der Waals surface area contributed by atoms with Crippen molar-refractivity contribution in [3.8, 4) is 0 Å². The molecule has 0 radical (unpaired) electrons. The highest BCUT2D eigenvalue weighted by atomic mass is 19.2. The molecule has 0 aliphatic carbocycles. The quantitative estimate of drug-likeness (QED) is 0.733. The van der Waals surface area contributed by atoms with Crippen LogP contribution in [0.3, 0.4) is 0 Å². The van der Waals surface area contributed by atoms with Gasteiger partial charge in [-0.3, -0.25) is 9.78 Å². The van der Waals surface area contributed by atoms with Gasteiger partial charge in [-0.05, 0) is 41.3 Å². The van der Waals surface area contributed by atoms with E-state index in [0.29, 0.717) is 36.3 Å². The number of halogens is 2. The zero-order valence-electron chi connectivity index (χ0n) is 15.0. The molecule has 6 heteroatoms. The normalized spacial score (nSPS) is 12.4. The smallest absolute Gasteiger partial charge is 0.266 e. The molecule has 1 N–H and O–H groups in total. The van der Waals surface area contributed by atoms with E-state index in [2.05, 4.69) is 15.3 Å². The maximum atomic E-state index is 13.4. The summed E-state index contributed by atoms with van der Waals surface area (Å²) >= 11 is 0. The van der Waals surface area contributed by atoms with Crippen LogP contribution in [0.5, 0.6) is 0 Å². The number of fused-ring (bicyclic) bond motifs is 1. The van der Waals surface area contributed by atoms with E-state index in [-0.39, 0.29) is 5.91 Å². The minimum Gasteiger partial charge on any atom is -0.347 e. The second kappa shape index (κ2) is 7.68. The number of hydrogen-bond acceptors (Lipinski definition) is 3. The lowest BCUT2D eigenvalue weighted by molar-refractivity contribution is -0.115. The molecule has 2 heterocycles. The van der Waals surface area contributed by atoms with Gasteiger partial charge in [-0.2, -0.15) is 0 Å². The molecule has 1 aliphatic rings. The van der Waals surface area contributed by atoms with Gasteiger partial charge in [0.05, 0.1) is 11.4 Å². The van der Waals surface area contributed by atoms with Crippen molar-refractivity contribution in [3.05, 3.63) is 94.8 Å². The van der Waals surface area contributed by atoms with Crippen LogP contribution >= 0.6 is 0 Å². The van der Waals surface area contributed by atoms with E-state index in [1.807, 2.05) is 36.4 Å². The Balaban J connectivity index is 1.44. The standard InChI is InChI=1S/C22H17F2N3O/c23-17-7-6-15(9-18(17)24)8-16-10-20-19(25-13-16)11-21(27-20)22(28)26-12-14-4-2-1-3-5-14/h1-7,9-10,13H,8,11-12H2,(H,26,28). The number of hydrogen-bond donors (Lipinski definition) is 1. The van der Waals surface area contributed by atoms with Gasteiger partial charge in [-0.15, -0.1) is 0 Å². The third-order valence-corrected chi connectivity index (χ3v) is 4.54. The van der Waals surface area contributed by atoms with Gasteiger partial charge in [0.2, 0.25) is 0 Å². The number of carbonyl (C=O) groups is 1. The van der Waals surface area contributed by atoms with Crippen LogP contribution in [0.2, 0.25) is 0 Å². The van der Waals surface area contributed by atoms with Crippen molar-refractivity contribution in [1.29, 1.82) is 0 Å². The minimum absolute atomic E-state index is 0.219. The van der Waals surface area contributed by atoms with E-state index < -0.39 is 11.6 Å². The molecule has 0 bridgehead atoms. The number of benzene rings is 2. The first-order valence-electron chi connectivity index (χ1n) is 8.90. The van der Waals surface area contributed by atoms with Crippen LogP contribution in [0.15, 0.2) is 65.8 Å². The lowest BCUT2D eigenvalue weighted by atomic mass is 10.1. The summed E-state index contributed by atoms with van der Waals surface area (Å²) in [5, 5.41) is 2.87. The van der Waals surface area contributed by atoms with Gasteiger partial charge >= 0.3 is 0 Å². The van der Waals surface area contributed by atoms with E-state index >= 15 is 0 Å². The molecule has 4 nitrogen and oxygen atoms in total. The second-order valence-corrected chi connectivity index (χ2v) is 6.64. The molecule has 1 amide bonds. The Bertz CT molecular complexity index is 1060. The van der Waals surface area contributed by atoms with Gasteiger partial charge in [0, 0.05) is 19.2 Å². The van der Waals surface area contributed by atoms with Crippen LogP contribution in [-0.2, 0) is 24.2 Å². The molecule has 0 saturated carbocycles. The molecule has 0 unspecified atom stereocenters. The Hall–Kier alpha value is -3.41. The van der Waals surface area contributed by atoms with E-state index in [9.17, 15) is 13.6 Å². The van der Waals surface area contributed by atoms with E-state index in [0.717, 1.165) is 22.9 Å². The molecular formula is C22H17F2N3O. The molecule has 0 fully saturated rings. The molecule has 4 rings (SSSR count). The molecule has 0 atom stereocenters. The second-order valence-electron chi connectivity index (χ2n) is 6.64. The van der Waals surface area contributed by atoms with Crippen LogP contribution in [0.1, 0.15) is 22.4 Å². The van der Waals surface area contributed by atoms with Gasteiger partial charge < -0.3 is 5.32 Å².